The van der Waals surface area contributed by atoms with E-state index in [1.165, 1.54) is 28.4 Å². The van der Waals surface area contributed by atoms with E-state index < -0.39 is 12.0 Å². The van der Waals surface area contributed by atoms with E-state index in [4.69, 9.17) is 9.47 Å². The monoisotopic (exact) mass is 672 g/mol. The normalized spacial score (nSPS) is 18.2. The molecule has 0 spiro atoms. The number of hydrogen-bond acceptors (Lipinski definition) is 7. The van der Waals surface area contributed by atoms with Crippen LogP contribution < -0.4 is 10.1 Å². The molecule has 1 N–H and O–H groups in total. The number of halogens is 1. The zero-order valence-electron chi connectivity index (χ0n) is 21.0. The lowest BCUT2D eigenvalue weighted by Crippen LogP contribution is -2.70. The minimum absolute atomic E-state index is 0.0604. The van der Waals surface area contributed by atoms with Crippen molar-refractivity contribution < 1.29 is 23.9 Å². The zero-order valence-corrected chi connectivity index (χ0v) is 24.8. The van der Waals surface area contributed by atoms with E-state index in [1.54, 1.807) is 19.2 Å². The van der Waals surface area contributed by atoms with E-state index in [0.29, 0.717) is 11.5 Å². The maximum atomic E-state index is 13.4. The quantitative estimate of drug-likeness (QED) is 0.195. The van der Waals surface area contributed by atoms with E-state index in [2.05, 4.69) is 27.9 Å². The fraction of sp³-hybridized carbons (Fsp3) is 0.207. The number of benzene rings is 3. The first-order valence-corrected chi connectivity index (χ1v) is 15.1. The molecule has 0 aliphatic carbocycles. The lowest BCUT2D eigenvalue weighted by Gasteiger charge is -2.49. The third-order valence-electron chi connectivity index (χ3n) is 6.23. The summed E-state index contributed by atoms with van der Waals surface area (Å²) >= 11 is 5.23. The summed E-state index contributed by atoms with van der Waals surface area (Å²) in [4.78, 5) is 42.6. The van der Waals surface area contributed by atoms with Crippen molar-refractivity contribution in [3.63, 3.8) is 0 Å². The molecule has 0 saturated carbocycles. The number of nitrogens with zero attached hydrogens (tertiary/aromatic N) is 1. The average molecular weight is 673 g/mol. The van der Waals surface area contributed by atoms with Crippen LogP contribution in [0.2, 0.25) is 0 Å². The van der Waals surface area contributed by atoms with Gasteiger partial charge < -0.3 is 14.8 Å². The van der Waals surface area contributed by atoms with Gasteiger partial charge in [-0.25, -0.2) is 4.79 Å². The lowest BCUT2D eigenvalue weighted by molar-refractivity contribution is -0.153. The van der Waals surface area contributed by atoms with Crippen molar-refractivity contribution in [3.8, 4) is 5.75 Å². The van der Waals surface area contributed by atoms with Gasteiger partial charge in [-0.05, 0) is 70.1 Å². The predicted molar refractivity (Wildman–Crippen MR) is 160 cm³/mol. The number of esters is 1. The Kier molecular flexibility index (Phi) is 8.83. The highest BCUT2D eigenvalue weighted by molar-refractivity contribution is 14.1. The number of rotatable bonds is 9. The number of ether oxygens (including phenoxy) is 2. The SMILES string of the molecule is COc1ccc(COC(=O)C2=C(Sc3ccc(I)cc3)CS[C@@H]3[C@H](NC(=O)Cc4ccccc4)C(=O)N23)cc1. The molecule has 2 heterocycles. The first-order valence-electron chi connectivity index (χ1n) is 12.2. The van der Waals surface area contributed by atoms with Gasteiger partial charge in [0.1, 0.15) is 29.5 Å². The fourth-order valence-corrected chi connectivity index (χ4v) is 7.08. The fourth-order valence-electron chi connectivity index (χ4n) is 4.25. The third kappa shape index (κ3) is 6.44. The number of fused-ring (bicyclic) bond motifs is 1. The summed E-state index contributed by atoms with van der Waals surface area (Å²) in [6, 6.07) is 23.9. The highest BCUT2D eigenvalue weighted by atomic mass is 127. The van der Waals surface area contributed by atoms with Gasteiger partial charge in [-0.3, -0.25) is 14.5 Å². The first-order chi connectivity index (χ1) is 18.9. The zero-order chi connectivity index (χ0) is 27.4. The second-order valence-corrected chi connectivity index (χ2v) is 12.4. The second kappa shape index (κ2) is 12.5. The van der Waals surface area contributed by atoms with Crippen LogP contribution >= 0.6 is 46.1 Å². The molecule has 7 nitrogen and oxygen atoms in total. The number of amides is 2. The predicted octanol–water partition coefficient (Wildman–Crippen LogP) is 4.99. The molecule has 2 atom stereocenters. The molecular weight excluding hydrogens is 647 g/mol. The molecule has 39 heavy (non-hydrogen) atoms. The van der Waals surface area contributed by atoms with Crippen LogP contribution in [0.3, 0.4) is 0 Å². The standard InChI is InChI=1S/C29H25IN2O5S2/c1-36-21-11-7-19(8-12-21)16-37-29(35)26-23(39-22-13-9-20(30)10-14-22)17-38-28-25(27(34)32(26)28)31-24(33)15-18-5-3-2-4-6-18/h2-14,25,28H,15-17H2,1H3,(H,31,33)/t25-,28-/m1/s1. The molecule has 2 amide bonds. The van der Waals surface area contributed by atoms with Gasteiger partial charge in [0.2, 0.25) is 5.91 Å². The van der Waals surface area contributed by atoms with E-state index >= 15 is 0 Å². The molecular formula is C29H25IN2O5S2. The highest BCUT2D eigenvalue weighted by Gasteiger charge is 2.54. The van der Waals surface area contributed by atoms with Gasteiger partial charge in [0.05, 0.1) is 13.5 Å². The lowest BCUT2D eigenvalue weighted by atomic mass is 10.0. The Hall–Kier alpha value is -2.96. The van der Waals surface area contributed by atoms with Gasteiger partial charge in [0.15, 0.2) is 0 Å². The minimum Gasteiger partial charge on any atom is -0.497 e. The maximum Gasteiger partial charge on any atom is 0.356 e. The molecule has 2 aliphatic rings. The second-order valence-electron chi connectivity index (χ2n) is 8.87. The van der Waals surface area contributed by atoms with Crippen LogP contribution in [-0.4, -0.2) is 47.0 Å². The number of carbonyl (C=O) groups is 3. The minimum atomic E-state index is -0.694. The molecule has 0 bridgehead atoms. The van der Waals surface area contributed by atoms with Crippen LogP contribution in [-0.2, 0) is 32.1 Å². The van der Waals surface area contributed by atoms with Crippen LogP contribution in [0.4, 0.5) is 0 Å². The van der Waals surface area contributed by atoms with Crippen molar-refractivity contribution in [1.29, 1.82) is 0 Å². The van der Waals surface area contributed by atoms with E-state index in [1.807, 2.05) is 66.7 Å². The first kappa shape index (κ1) is 27.6. The van der Waals surface area contributed by atoms with Crippen molar-refractivity contribution in [2.75, 3.05) is 12.9 Å². The van der Waals surface area contributed by atoms with Crippen LogP contribution in [0.25, 0.3) is 0 Å². The highest BCUT2D eigenvalue weighted by Crippen LogP contribution is 2.45. The number of hydrogen-bond donors (Lipinski definition) is 1. The maximum absolute atomic E-state index is 13.4. The van der Waals surface area contributed by atoms with Gasteiger partial charge in [0, 0.05) is 19.1 Å². The third-order valence-corrected chi connectivity index (χ3v) is 9.51. The van der Waals surface area contributed by atoms with Crippen molar-refractivity contribution in [2.24, 2.45) is 0 Å². The molecule has 2 aliphatic heterocycles. The average Bonchev–Trinajstić information content (AvgIpc) is 2.96. The molecule has 10 heteroatoms. The number of β-lactam (4-membered cyclic amide) rings is 1. The Morgan fingerprint density at radius 1 is 1.03 bits per heavy atom. The summed E-state index contributed by atoms with van der Waals surface area (Å²) in [5.41, 5.74) is 1.92. The van der Waals surface area contributed by atoms with Crippen LogP contribution in [0.1, 0.15) is 11.1 Å². The summed E-state index contributed by atoms with van der Waals surface area (Å²) < 4.78 is 12.0. The summed E-state index contributed by atoms with van der Waals surface area (Å²) in [5, 5.41) is 2.49. The van der Waals surface area contributed by atoms with Crippen LogP contribution in [0.5, 0.6) is 5.75 Å². The number of carbonyl (C=O) groups excluding carboxylic acids is 3. The van der Waals surface area contributed by atoms with Gasteiger partial charge in [0.25, 0.3) is 5.91 Å². The molecule has 0 unspecified atom stereocenters. The topological polar surface area (TPSA) is 84.9 Å². The smallest absolute Gasteiger partial charge is 0.356 e. The summed E-state index contributed by atoms with van der Waals surface area (Å²) in [7, 11) is 1.59. The van der Waals surface area contributed by atoms with Gasteiger partial charge >= 0.3 is 5.97 Å². The Labute approximate surface area is 248 Å². The Balaban J connectivity index is 1.33. The van der Waals surface area contributed by atoms with Crippen molar-refractivity contribution >= 4 is 63.9 Å². The molecule has 3 aromatic rings. The largest absolute Gasteiger partial charge is 0.497 e. The summed E-state index contributed by atoms with van der Waals surface area (Å²) in [6.45, 7) is 0.0604. The van der Waals surface area contributed by atoms with Crippen molar-refractivity contribution in [1.82, 2.24) is 10.2 Å². The van der Waals surface area contributed by atoms with Crippen LogP contribution in [0.15, 0.2) is 94.4 Å². The molecule has 0 radical (unpaired) electrons. The van der Waals surface area contributed by atoms with E-state index in [9.17, 15) is 14.4 Å². The number of methoxy groups -OCH3 is 1. The number of nitrogens with one attached hydrogen (secondary N) is 1. The molecule has 200 valence electrons. The van der Waals surface area contributed by atoms with Crippen LogP contribution in [0, 0.1) is 3.57 Å². The Morgan fingerprint density at radius 3 is 2.44 bits per heavy atom. The molecule has 3 aromatic carbocycles. The Morgan fingerprint density at radius 2 is 1.74 bits per heavy atom. The van der Waals surface area contributed by atoms with Gasteiger partial charge in [-0.15, -0.1) is 11.8 Å². The summed E-state index contributed by atoms with van der Waals surface area (Å²) in [6.07, 6.45) is 0.183. The molecule has 0 aromatic heterocycles. The molecule has 1 fully saturated rings. The van der Waals surface area contributed by atoms with Crippen molar-refractivity contribution in [2.45, 2.75) is 29.3 Å². The molecule has 5 rings (SSSR count). The van der Waals surface area contributed by atoms with E-state index in [-0.39, 0.29) is 35.9 Å². The Bertz CT molecular complexity index is 1400. The van der Waals surface area contributed by atoms with E-state index in [0.717, 1.165) is 24.5 Å². The van der Waals surface area contributed by atoms with Gasteiger partial charge in [-0.2, -0.15) is 0 Å². The number of thioether (sulfide) groups is 2. The summed E-state index contributed by atoms with van der Waals surface area (Å²) in [5.74, 6) is 0.120. The van der Waals surface area contributed by atoms with Gasteiger partial charge in [-0.1, -0.05) is 54.2 Å². The molecule has 1 saturated heterocycles. The van der Waals surface area contributed by atoms with Crippen molar-refractivity contribution in [3.05, 3.63) is 104 Å².